The Labute approximate surface area is 144 Å². The molecule has 0 bridgehead atoms. The Bertz CT molecular complexity index is 807. The third-order valence-electron chi connectivity index (χ3n) is 4.28. The topological polar surface area (TPSA) is 76.3 Å². The molecule has 7 heteroatoms. The van der Waals surface area contributed by atoms with Crippen LogP contribution in [-0.2, 0) is 6.54 Å². The summed E-state index contributed by atoms with van der Waals surface area (Å²) in [5.41, 5.74) is 0.0620. The summed E-state index contributed by atoms with van der Waals surface area (Å²) < 4.78 is 3.04. The fourth-order valence-electron chi connectivity index (χ4n) is 3.21. The number of phenolic OH excluding ortho intramolecular Hbond substituents is 1. The molecule has 1 aromatic carbocycles. The Morgan fingerprint density at radius 3 is 2.61 bits per heavy atom. The van der Waals surface area contributed by atoms with Crippen LogP contribution in [0.4, 0.5) is 0 Å². The Balaban J connectivity index is 0.00000192. The highest BCUT2D eigenvalue weighted by molar-refractivity contribution is 8.93. The van der Waals surface area contributed by atoms with Gasteiger partial charge in [0.1, 0.15) is 5.75 Å². The minimum absolute atomic E-state index is 0. The third kappa shape index (κ3) is 3.21. The van der Waals surface area contributed by atoms with Crippen molar-refractivity contribution in [3.05, 3.63) is 39.0 Å². The molecule has 0 saturated carbocycles. The maximum Gasteiger partial charge on any atom is 0.331 e. The number of fused-ring (bicyclic) bond motifs is 1. The van der Waals surface area contributed by atoms with Crippen LogP contribution in [0.2, 0.25) is 0 Å². The zero-order chi connectivity index (χ0) is 15.7. The van der Waals surface area contributed by atoms with Crippen molar-refractivity contribution in [2.24, 2.45) is 0 Å². The van der Waals surface area contributed by atoms with Gasteiger partial charge in [0, 0.05) is 12.6 Å². The van der Waals surface area contributed by atoms with Crippen molar-refractivity contribution in [3.8, 4) is 5.75 Å². The van der Waals surface area contributed by atoms with Crippen molar-refractivity contribution in [1.29, 1.82) is 0 Å². The van der Waals surface area contributed by atoms with E-state index in [1.165, 1.54) is 16.7 Å². The summed E-state index contributed by atoms with van der Waals surface area (Å²) in [7, 11) is 0. The van der Waals surface area contributed by atoms with Gasteiger partial charge in [0.2, 0.25) is 0 Å². The number of nitrogens with one attached hydrogen (secondary N) is 1. The quantitative estimate of drug-likeness (QED) is 0.846. The molecule has 1 aliphatic rings. The molecule has 23 heavy (non-hydrogen) atoms. The van der Waals surface area contributed by atoms with Gasteiger partial charge in [-0.1, -0.05) is 6.92 Å². The highest BCUT2D eigenvalue weighted by atomic mass is 79.9. The summed E-state index contributed by atoms with van der Waals surface area (Å²) in [6.07, 6.45) is 2.34. The minimum atomic E-state index is -0.296. The van der Waals surface area contributed by atoms with Crippen LogP contribution in [0.3, 0.4) is 0 Å². The Hall–Kier alpha value is -1.60. The molecule has 0 radical (unpaired) electrons. The lowest BCUT2D eigenvalue weighted by Crippen LogP contribution is -2.45. The summed E-state index contributed by atoms with van der Waals surface area (Å²) in [6.45, 7) is 4.18. The Morgan fingerprint density at radius 2 is 1.96 bits per heavy atom. The van der Waals surface area contributed by atoms with E-state index in [4.69, 9.17) is 0 Å². The normalized spacial score (nSPS) is 15.5. The standard InChI is InChI=1S/C16H21N3O3.BrH/c1-2-9-18-14-4-3-12(20)10-13(14)15(21)19(16(18)22)11-5-7-17-8-6-11;/h3-4,10-11,17,20H,2,5-9H2,1H3;1H. The molecule has 6 nitrogen and oxygen atoms in total. The number of piperidine rings is 1. The van der Waals surface area contributed by atoms with E-state index in [1.54, 1.807) is 10.6 Å². The van der Waals surface area contributed by atoms with Gasteiger partial charge < -0.3 is 10.4 Å². The Morgan fingerprint density at radius 1 is 1.26 bits per heavy atom. The monoisotopic (exact) mass is 383 g/mol. The average Bonchev–Trinajstić information content (AvgIpc) is 2.53. The molecule has 2 heterocycles. The van der Waals surface area contributed by atoms with Crippen LogP contribution in [0.15, 0.2) is 27.8 Å². The molecular formula is C16H22BrN3O3. The van der Waals surface area contributed by atoms with Gasteiger partial charge in [0.15, 0.2) is 0 Å². The van der Waals surface area contributed by atoms with E-state index in [9.17, 15) is 14.7 Å². The number of aromatic nitrogens is 2. The second kappa shape index (κ2) is 7.31. The fourth-order valence-corrected chi connectivity index (χ4v) is 3.21. The molecule has 1 aliphatic heterocycles. The van der Waals surface area contributed by atoms with Crippen LogP contribution in [0.25, 0.3) is 10.9 Å². The third-order valence-corrected chi connectivity index (χ3v) is 4.28. The van der Waals surface area contributed by atoms with Gasteiger partial charge >= 0.3 is 5.69 Å². The van der Waals surface area contributed by atoms with Gasteiger partial charge in [0.05, 0.1) is 10.9 Å². The van der Waals surface area contributed by atoms with Crippen LogP contribution >= 0.6 is 17.0 Å². The number of hydrogen-bond donors (Lipinski definition) is 2. The lowest BCUT2D eigenvalue weighted by Gasteiger charge is -2.25. The van der Waals surface area contributed by atoms with Crippen molar-refractivity contribution in [2.75, 3.05) is 13.1 Å². The zero-order valence-corrected chi connectivity index (χ0v) is 14.8. The summed E-state index contributed by atoms with van der Waals surface area (Å²) in [5, 5.41) is 13.4. The summed E-state index contributed by atoms with van der Waals surface area (Å²) in [5.74, 6) is 0.0446. The van der Waals surface area contributed by atoms with E-state index in [0.29, 0.717) is 17.4 Å². The van der Waals surface area contributed by atoms with Gasteiger partial charge in [-0.05, 0) is 50.6 Å². The average molecular weight is 384 g/mol. The van der Waals surface area contributed by atoms with E-state index in [0.717, 1.165) is 32.4 Å². The number of benzene rings is 1. The largest absolute Gasteiger partial charge is 0.508 e. The molecule has 2 N–H and O–H groups in total. The summed E-state index contributed by atoms with van der Waals surface area (Å²) in [6, 6.07) is 4.55. The molecule has 3 rings (SSSR count). The van der Waals surface area contributed by atoms with Crippen LogP contribution in [0.1, 0.15) is 32.2 Å². The van der Waals surface area contributed by atoms with Crippen molar-refractivity contribution < 1.29 is 5.11 Å². The van der Waals surface area contributed by atoms with Gasteiger partial charge in [-0.2, -0.15) is 0 Å². The smallest absolute Gasteiger partial charge is 0.331 e. The fraction of sp³-hybridized carbons (Fsp3) is 0.500. The summed E-state index contributed by atoms with van der Waals surface area (Å²) >= 11 is 0. The number of halogens is 1. The zero-order valence-electron chi connectivity index (χ0n) is 13.1. The molecule has 0 amide bonds. The second-order valence-electron chi connectivity index (χ2n) is 5.79. The van der Waals surface area contributed by atoms with Gasteiger partial charge in [-0.3, -0.25) is 13.9 Å². The predicted molar refractivity (Wildman–Crippen MR) is 95.9 cm³/mol. The first-order valence-electron chi connectivity index (χ1n) is 7.82. The molecule has 0 aliphatic carbocycles. The molecule has 1 fully saturated rings. The number of rotatable bonds is 3. The lowest BCUT2D eigenvalue weighted by atomic mass is 10.1. The van der Waals surface area contributed by atoms with E-state index in [2.05, 4.69) is 5.32 Å². The van der Waals surface area contributed by atoms with E-state index >= 15 is 0 Å². The summed E-state index contributed by atoms with van der Waals surface area (Å²) in [4.78, 5) is 25.6. The lowest BCUT2D eigenvalue weighted by molar-refractivity contribution is 0.345. The maximum absolute atomic E-state index is 12.8. The predicted octanol–water partition coefficient (Wildman–Crippen LogP) is 1.78. The van der Waals surface area contributed by atoms with E-state index in [-0.39, 0.29) is 40.0 Å². The molecular weight excluding hydrogens is 362 g/mol. The number of phenols is 1. The molecule has 1 saturated heterocycles. The number of hydrogen-bond acceptors (Lipinski definition) is 4. The molecule has 1 aromatic heterocycles. The number of aryl methyl sites for hydroxylation is 1. The molecule has 2 aromatic rings. The second-order valence-corrected chi connectivity index (χ2v) is 5.79. The van der Waals surface area contributed by atoms with Crippen molar-refractivity contribution in [1.82, 2.24) is 14.5 Å². The van der Waals surface area contributed by atoms with E-state index in [1.807, 2.05) is 6.92 Å². The van der Waals surface area contributed by atoms with Crippen molar-refractivity contribution in [3.63, 3.8) is 0 Å². The molecule has 0 unspecified atom stereocenters. The van der Waals surface area contributed by atoms with Crippen molar-refractivity contribution in [2.45, 2.75) is 38.8 Å². The highest BCUT2D eigenvalue weighted by Gasteiger charge is 2.22. The van der Waals surface area contributed by atoms with Crippen molar-refractivity contribution >= 4 is 27.9 Å². The Kier molecular flexibility index (Phi) is 5.64. The van der Waals surface area contributed by atoms with E-state index < -0.39 is 0 Å². The molecule has 0 spiro atoms. The number of nitrogens with zero attached hydrogens (tertiary/aromatic N) is 2. The van der Waals surface area contributed by atoms with Crippen LogP contribution < -0.4 is 16.6 Å². The molecule has 126 valence electrons. The van der Waals surface area contributed by atoms with Crippen LogP contribution in [0.5, 0.6) is 5.75 Å². The minimum Gasteiger partial charge on any atom is -0.508 e. The first-order chi connectivity index (χ1) is 10.6. The maximum atomic E-state index is 12.8. The highest BCUT2D eigenvalue weighted by Crippen LogP contribution is 2.19. The molecule has 0 atom stereocenters. The SMILES string of the molecule is Br.CCCn1c(=O)n(C2CCNCC2)c(=O)c2cc(O)ccc21. The van der Waals surface area contributed by atoms with Gasteiger partial charge in [-0.15, -0.1) is 17.0 Å². The first kappa shape index (κ1) is 17.7. The van der Waals surface area contributed by atoms with Crippen LogP contribution in [0, 0.1) is 0 Å². The number of aromatic hydroxyl groups is 1. The van der Waals surface area contributed by atoms with Gasteiger partial charge in [-0.25, -0.2) is 4.79 Å². The van der Waals surface area contributed by atoms with Gasteiger partial charge in [0.25, 0.3) is 5.56 Å². The first-order valence-corrected chi connectivity index (χ1v) is 7.82. The van der Waals surface area contributed by atoms with Crippen LogP contribution in [-0.4, -0.2) is 27.3 Å².